The fourth-order valence-electron chi connectivity index (χ4n) is 5.48. The highest BCUT2D eigenvalue weighted by Gasteiger charge is 2.20. The van der Waals surface area contributed by atoms with Crippen LogP contribution in [-0.4, -0.2) is 13.3 Å². The summed E-state index contributed by atoms with van der Waals surface area (Å²) in [7, 11) is 1.83. The minimum atomic E-state index is 0.967. The maximum atomic E-state index is 4.33. The number of aliphatic imine (C=N–C) groups is 1. The van der Waals surface area contributed by atoms with E-state index >= 15 is 0 Å². The maximum Gasteiger partial charge on any atom is 0.0281 e. The van der Waals surface area contributed by atoms with Crippen LogP contribution in [0.1, 0.15) is 40.7 Å². The van der Waals surface area contributed by atoms with Crippen molar-refractivity contribution in [3.63, 3.8) is 0 Å². The molecule has 0 N–H and O–H groups in total. The van der Waals surface area contributed by atoms with Crippen LogP contribution in [0.3, 0.4) is 0 Å². The Kier molecular flexibility index (Phi) is 6.05. The average molecular weight is 464 g/mol. The van der Waals surface area contributed by atoms with E-state index in [4.69, 9.17) is 0 Å². The Morgan fingerprint density at radius 1 is 0.667 bits per heavy atom. The normalized spacial score (nSPS) is 14.0. The Balaban J connectivity index is 1.63. The second kappa shape index (κ2) is 9.79. The van der Waals surface area contributed by atoms with Crippen LogP contribution in [0, 0.1) is 0 Å². The number of benzene rings is 4. The van der Waals surface area contributed by atoms with Gasteiger partial charge < -0.3 is 0 Å². The van der Waals surface area contributed by atoms with Gasteiger partial charge in [-0.05, 0) is 98.7 Å². The second-order valence-electron chi connectivity index (χ2n) is 9.45. The van der Waals surface area contributed by atoms with Gasteiger partial charge >= 0.3 is 0 Å². The zero-order valence-electron chi connectivity index (χ0n) is 20.6. The molecule has 0 radical (unpaired) electrons. The summed E-state index contributed by atoms with van der Waals surface area (Å²) >= 11 is 0. The molecule has 0 saturated heterocycles. The highest BCUT2D eigenvalue weighted by molar-refractivity contribution is 5.97. The van der Waals surface area contributed by atoms with Crippen LogP contribution in [0.2, 0.25) is 0 Å². The third-order valence-corrected chi connectivity index (χ3v) is 7.09. The first kappa shape index (κ1) is 22.2. The number of hydrogen-bond acceptors (Lipinski definition) is 1. The van der Waals surface area contributed by atoms with E-state index in [-0.39, 0.29) is 0 Å². The molecular formula is C35H29N. The van der Waals surface area contributed by atoms with Crippen molar-refractivity contribution in [1.29, 1.82) is 0 Å². The van der Waals surface area contributed by atoms with Crippen LogP contribution in [0.4, 0.5) is 0 Å². The van der Waals surface area contributed by atoms with Crippen LogP contribution in [0.15, 0.2) is 102 Å². The van der Waals surface area contributed by atoms with Gasteiger partial charge in [0.15, 0.2) is 0 Å². The van der Waals surface area contributed by atoms with Crippen molar-refractivity contribution >= 4 is 24.4 Å². The maximum absolute atomic E-state index is 4.33. The van der Waals surface area contributed by atoms with Crippen molar-refractivity contribution in [2.75, 3.05) is 7.05 Å². The molecule has 0 fully saturated rings. The second-order valence-corrected chi connectivity index (χ2v) is 9.45. The topological polar surface area (TPSA) is 12.4 Å². The molecule has 0 aliphatic heterocycles. The summed E-state index contributed by atoms with van der Waals surface area (Å²) < 4.78 is 0. The number of rotatable bonds is 4. The monoisotopic (exact) mass is 463 g/mol. The molecule has 6 rings (SSSR count). The Morgan fingerprint density at radius 2 is 1.42 bits per heavy atom. The van der Waals surface area contributed by atoms with Gasteiger partial charge in [0.2, 0.25) is 0 Å². The smallest absolute Gasteiger partial charge is 0.0281 e. The molecule has 2 aliphatic carbocycles. The Labute approximate surface area is 213 Å². The lowest BCUT2D eigenvalue weighted by Crippen LogP contribution is -2.02. The fourth-order valence-corrected chi connectivity index (χ4v) is 5.48. The molecule has 1 nitrogen and oxygen atoms in total. The highest BCUT2D eigenvalue weighted by atomic mass is 14.6. The van der Waals surface area contributed by atoms with Gasteiger partial charge in [-0.15, -0.1) is 0 Å². The van der Waals surface area contributed by atoms with Gasteiger partial charge in [-0.3, -0.25) is 4.99 Å². The summed E-state index contributed by atoms with van der Waals surface area (Å²) in [5.41, 5.74) is 14.0. The van der Waals surface area contributed by atoms with Crippen LogP contribution in [0.25, 0.3) is 51.6 Å². The summed E-state index contributed by atoms with van der Waals surface area (Å²) in [5.74, 6) is 0. The number of hydrogen-bond donors (Lipinski definition) is 0. The minimum Gasteiger partial charge on any atom is -0.296 e. The van der Waals surface area contributed by atoms with Gasteiger partial charge in [0.1, 0.15) is 0 Å². The summed E-state index contributed by atoms with van der Waals surface area (Å²) in [6.07, 6.45) is 18.9. The Morgan fingerprint density at radius 3 is 2.28 bits per heavy atom. The van der Waals surface area contributed by atoms with Crippen molar-refractivity contribution in [2.45, 2.75) is 19.3 Å². The highest BCUT2D eigenvalue weighted by Crippen LogP contribution is 2.43. The van der Waals surface area contributed by atoms with E-state index in [1.807, 2.05) is 13.3 Å². The molecule has 36 heavy (non-hydrogen) atoms. The van der Waals surface area contributed by atoms with E-state index in [2.05, 4.69) is 120 Å². The molecule has 0 spiro atoms. The minimum absolute atomic E-state index is 0.967. The van der Waals surface area contributed by atoms with Gasteiger partial charge in [0, 0.05) is 13.3 Å². The van der Waals surface area contributed by atoms with Gasteiger partial charge in [-0.2, -0.15) is 0 Å². The van der Waals surface area contributed by atoms with Gasteiger partial charge in [-0.25, -0.2) is 0 Å². The molecule has 174 valence electrons. The Hall–Kier alpha value is -4.23. The quantitative estimate of drug-likeness (QED) is 0.268. The average Bonchev–Trinajstić information content (AvgIpc) is 3.17. The van der Waals surface area contributed by atoms with Crippen molar-refractivity contribution in [1.82, 2.24) is 0 Å². The first-order chi connectivity index (χ1) is 17.8. The molecule has 2 aliphatic rings. The predicted octanol–water partition coefficient (Wildman–Crippen LogP) is 9.13. The number of allylic oxidation sites excluding steroid dienone is 3. The fraction of sp³-hybridized carbons (Fsp3) is 0.114. The van der Waals surface area contributed by atoms with Crippen molar-refractivity contribution < 1.29 is 0 Å². The first-order valence-corrected chi connectivity index (χ1v) is 12.7. The zero-order chi connectivity index (χ0) is 24.3. The number of fused-ring (bicyclic) bond motifs is 2. The molecular weight excluding hydrogens is 434 g/mol. The summed E-state index contributed by atoms with van der Waals surface area (Å²) in [6.45, 7) is 0. The summed E-state index contributed by atoms with van der Waals surface area (Å²) in [4.78, 5) is 4.33. The van der Waals surface area contributed by atoms with E-state index < -0.39 is 0 Å². The van der Waals surface area contributed by atoms with Gasteiger partial charge in [0.05, 0.1) is 0 Å². The molecule has 4 aromatic rings. The molecule has 0 bridgehead atoms. The summed E-state index contributed by atoms with van der Waals surface area (Å²) in [6, 6.07) is 28.7. The lowest BCUT2D eigenvalue weighted by molar-refractivity contribution is 0.985. The third kappa shape index (κ3) is 4.18. The lowest BCUT2D eigenvalue weighted by atomic mass is 9.81. The molecule has 0 atom stereocenters. The van der Waals surface area contributed by atoms with Crippen molar-refractivity contribution in [3.8, 4) is 33.4 Å². The standard InChI is InChI=1S/C35H29N/c1-36-24-25-20-29(26-12-4-2-5-13-26)23-30(21-25)31-16-10-11-19-34(31)35-32-17-7-3-6-14-27(32)22-28-15-8-9-18-33(28)35/h2,4-7,9-14,16-24H,3,8,15H2,1H3. The molecule has 0 aromatic heterocycles. The van der Waals surface area contributed by atoms with E-state index in [9.17, 15) is 0 Å². The number of aryl methyl sites for hydroxylation is 1. The molecule has 0 unspecified atom stereocenters. The lowest BCUT2D eigenvalue weighted by Gasteiger charge is -2.22. The largest absolute Gasteiger partial charge is 0.296 e. The first-order valence-electron chi connectivity index (χ1n) is 12.7. The SMILES string of the molecule is CN=Cc1cc(-c2ccccc2)cc(-c2ccccc2-c2c3c(cc4c2C=CCC4)C=CCC=C3)c1. The van der Waals surface area contributed by atoms with E-state index in [1.165, 1.54) is 55.6 Å². The molecule has 0 saturated carbocycles. The van der Waals surface area contributed by atoms with Crippen LogP contribution < -0.4 is 0 Å². The van der Waals surface area contributed by atoms with E-state index in [1.54, 1.807) is 0 Å². The van der Waals surface area contributed by atoms with Crippen LogP contribution in [-0.2, 0) is 6.42 Å². The number of nitrogens with zero attached hydrogens (tertiary/aromatic N) is 1. The molecule has 1 heteroatoms. The molecule has 0 heterocycles. The van der Waals surface area contributed by atoms with Crippen molar-refractivity contribution in [3.05, 3.63) is 125 Å². The predicted molar refractivity (Wildman–Crippen MR) is 156 cm³/mol. The third-order valence-electron chi connectivity index (χ3n) is 7.09. The van der Waals surface area contributed by atoms with E-state index in [0.29, 0.717) is 0 Å². The summed E-state index contributed by atoms with van der Waals surface area (Å²) in [5, 5.41) is 0. The zero-order valence-corrected chi connectivity index (χ0v) is 20.6. The molecule has 4 aromatic carbocycles. The van der Waals surface area contributed by atoms with Crippen molar-refractivity contribution in [2.24, 2.45) is 4.99 Å². The van der Waals surface area contributed by atoms with Gasteiger partial charge in [0.25, 0.3) is 0 Å². The van der Waals surface area contributed by atoms with E-state index in [0.717, 1.165) is 24.8 Å². The van der Waals surface area contributed by atoms with Gasteiger partial charge in [-0.1, -0.05) is 97.1 Å². The molecule has 0 amide bonds. The van der Waals surface area contributed by atoms with Crippen LogP contribution >= 0.6 is 0 Å². The Bertz CT molecular complexity index is 1550. The van der Waals surface area contributed by atoms with Crippen LogP contribution in [0.5, 0.6) is 0 Å².